The van der Waals surface area contributed by atoms with Crippen molar-refractivity contribution in [2.75, 3.05) is 18.4 Å². The average Bonchev–Trinajstić information content (AvgIpc) is 2.38. The Hall–Kier alpha value is -1.61. The molecule has 3 nitrogen and oxygen atoms in total. The molecule has 3 heteroatoms. The summed E-state index contributed by atoms with van der Waals surface area (Å²) in [5, 5.41) is 6.24. The van der Waals surface area contributed by atoms with Gasteiger partial charge in [-0.25, -0.2) is 0 Å². The van der Waals surface area contributed by atoms with Crippen LogP contribution in [-0.2, 0) is 4.79 Å². The molecule has 0 spiro atoms. The summed E-state index contributed by atoms with van der Waals surface area (Å²) in [6.07, 6.45) is 7.03. The molecule has 20 heavy (non-hydrogen) atoms. The minimum atomic E-state index is -0.0261. The largest absolute Gasteiger partial charge is 0.326 e. The number of anilines is 1. The van der Waals surface area contributed by atoms with Gasteiger partial charge in [-0.15, -0.1) is 0 Å². The van der Waals surface area contributed by atoms with Crippen LogP contribution in [0.25, 0.3) is 6.08 Å². The van der Waals surface area contributed by atoms with E-state index in [0.29, 0.717) is 5.92 Å². The number of carbonyl (C=O) groups is 1. The van der Waals surface area contributed by atoms with Gasteiger partial charge in [0, 0.05) is 12.6 Å². The van der Waals surface area contributed by atoms with Crippen molar-refractivity contribution in [3.05, 3.63) is 34.9 Å². The fourth-order valence-electron chi connectivity index (χ4n) is 2.78. The van der Waals surface area contributed by atoms with Crippen LogP contribution in [-0.4, -0.2) is 19.0 Å². The van der Waals surface area contributed by atoms with Gasteiger partial charge in [0.05, 0.1) is 0 Å². The Balaban J connectivity index is 2.15. The SMILES string of the molecule is CC(=O)Nc1cc(C)c(/C=C/C2CCNCC2)c(C)c1. The molecule has 1 aliphatic heterocycles. The molecule has 0 radical (unpaired) electrons. The van der Waals surface area contributed by atoms with E-state index < -0.39 is 0 Å². The minimum absolute atomic E-state index is 0.0261. The van der Waals surface area contributed by atoms with Crippen molar-refractivity contribution in [1.29, 1.82) is 0 Å². The molecule has 1 aliphatic rings. The maximum absolute atomic E-state index is 11.1. The molecule has 0 aromatic heterocycles. The van der Waals surface area contributed by atoms with Crippen molar-refractivity contribution in [2.24, 2.45) is 5.92 Å². The number of hydrogen-bond acceptors (Lipinski definition) is 2. The van der Waals surface area contributed by atoms with E-state index in [1.807, 2.05) is 12.1 Å². The number of carbonyl (C=O) groups excluding carboxylic acids is 1. The molecule has 0 atom stereocenters. The molecular formula is C17H24N2O. The van der Waals surface area contributed by atoms with Crippen molar-refractivity contribution in [1.82, 2.24) is 5.32 Å². The highest BCUT2D eigenvalue weighted by Gasteiger charge is 2.10. The Morgan fingerprint density at radius 1 is 1.25 bits per heavy atom. The molecule has 2 rings (SSSR count). The van der Waals surface area contributed by atoms with E-state index in [4.69, 9.17) is 0 Å². The molecule has 0 unspecified atom stereocenters. The van der Waals surface area contributed by atoms with E-state index >= 15 is 0 Å². The van der Waals surface area contributed by atoms with E-state index in [2.05, 4.69) is 36.6 Å². The summed E-state index contributed by atoms with van der Waals surface area (Å²) in [6.45, 7) is 7.97. The topological polar surface area (TPSA) is 41.1 Å². The molecule has 108 valence electrons. The summed E-state index contributed by atoms with van der Waals surface area (Å²) in [4.78, 5) is 11.1. The lowest BCUT2D eigenvalue weighted by molar-refractivity contribution is -0.114. The molecule has 0 saturated carbocycles. The van der Waals surface area contributed by atoms with E-state index in [0.717, 1.165) is 18.8 Å². The molecule has 1 saturated heterocycles. The predicted molar refractivity (Wildman–Crippen MR) is 84.8 cm³/mol. The zero-order chi connectivity index (χ0) is 14.5. The fourth-order valence-corrected chi connectivity index (χ4v) is 2.78. The second-order valence-corrected chi connectivity index (χ2v) is 5.65. The van der Waals surface area contributed by atoms with E-state index in [1.165, 1.54) is 36.5 Å². The summed E-state index contributed by atoms with van der Waals surface area (Å²) in [5.41, 5.74) is 4.57. The number of nitrogens with one attached hydrogen (secondary N) is 2. The highest BCUT2D eigenvalue weighted by Crippen LogP contribution is 2.23. The molecule has 1 aromatic carbocycles. The summed E-state index contributed by atoms with van der Waals surface area (Å²) in [6, 6.07) is 4.08. The molecule has 0 aliphatic carbocycles. The summed E-state index contributed by atoms with van der Waals surface area (Å²) < 4.78 is 0. The van der Waals surface area contributed by atoms with Crippen molar-refractivity contribution >= 4 is 17.7 Å². The standard InChI is InChI=1S/C17H24N2O/c1-12-10-16(19-14(3)20)11-13(2)17(12)5-4-15-6-8-18-9-7-15/h4-5,10-11,15,18H,6-9H2,1-3H3,(H,19,20)/b5-4+. The van der Waals surface area contributed by atoms with Crippen LogP contribution >= 0.6 is 0 Å². The van der Waals surface area contributed by atoms with Gasteiger partial charge in [0.15, 0.2) is 0 Å². The number of aryl methyl sites for hydroxylation is 2. The first-order valence-electron chi connectivity index (χ1n) is 7.34. The average molecular weight is 272 g/mol. The van der Waals surface area contributed by atoms with Gasteiger partial charge in [0.2, 0.25) is 5.91 Å². The molecule has 1 aromatic rings. The second kappa shape index (κ2) is 6.71. The first-order valence-corrected chi connectivity index (χ1v) is 7.34. The third-order valence-corrected chi connectivity index (χ3v) is 3.83. The van der Waals surface area contributed by atoms with Gasteiger partial charge in [-0.05, 0) is 74.5 Å². The number of amides is 1. The van der Waals surface area contributed by atoms with Gasteiger partial charge in [-0.3, -0.25) is 4.79 Å². The van der Waals surface area contributed by atoms with Gasteiger partial charge in [-0.1, -0.05) is 12.2 Å². The minimum Gasteiger partial charge on any atom is -0.326 e. The second-order valence-electron chi connectivity index (χ2n) is 5.65. The Kier molecular flexibility index (Phi) is 4.96. The Bertz CT molecular complexity index is 491. The highest BCUT2D eigenvalue weighted by molar-refractivity contribution is 5.89. The number of piperidine rings is 1. The van der Waals surface area contributed by atoms with Gasteiger partial charge in [0.1, 0.15) is 0 Å². The van der Waals surface area contributed by atoms with Crippen LogP contribution in [0.15, 0.2) is 18.2 Å². The lowest BCUT2D eigenvalue weighted by Gasteiger charge is -2.19. The zero-order valence-corrected chi connectivity index (χ0v) is 12.6. The van der Waals surface area contributed by atoms with Crippen molar-refractivity contribution in [3.63, 3.8) is 0 Å². The van der Waals surface area contributed by atoms with Crippen molar-refractivity contribution in [3.8, 4) is 0 Å². The zero-order valence-electron chi connectivity index (χ0n) is 12.6. The van der Waals surface area contributed by atoms with E-state index in [9.17, 15) is 4.79 Å². The monoisotopic (exact) mass is 272 g/mol. The van der Waals surface area contributed by atoms with Crippen LogP contribution in [0.1, 0.15) is 36.5 Å². The summed E-state index contributed by atoms with van der Waals surface area (Å²) >= 11 is 0. The number of allylic oxidation sites excluding steroid dienone is 1. The summed E-state index contributed by atoms with van der Waals surface area (Å²) in [5.74, 6) is 0.659. The fraction of sp³-hybridized carbons (Fsp3) is 0.471. The molecule has 0 bridgehead atoms. The van der Waals surface area contributed by atoms with Crippen LogP contribution in [0, 0.1) is 19.8 Å². The van der Waals surface area contributed by atoms with Crippen molar-refractivity contribution in [2.45, 2.75) is 33.6 Å². The quantitative estimate of drug-likeness (QED) is 0.886. The van der Waals surface area contributed by atoms with Crippen LogP contribution in [0.5, 0.6) is 0 Å². The third kappa shape index (κ3) is 3.94. The number of hydrogen-bond donors (Lipinski definition) is 2. The lowest BCUT2D eigenvalue weighted by Crippen LogP contribution is -2.26. The van der Waals surface area contributed by atoms with Gasteiger partial charge >= 0.3 is 0 Å². The van der Waals surface area contributed by atoms with Gasteiger partial charge < -0.3 is 10.6 Å². The molecular weight excluding hydrogens is 248 g/mol. The van der Waals surface area contributed by atoms with Gasteiger partial charge in [-0.2, -0.15) is 0 Å². The molecule has 2 N–H and O–H groups in total. The smallest absolute Gasteiger partial charge is 0.221 e. The molecule has 1 fully saturated rings. The van der Waals surface area contributed by atoms with E-state index in [1.54, 1.807) is 0 Å². The molecule has 1 heterocycles. The van der Waals surface area contributed by atoms with Gasteiger partial charge in [0.25, 0.3) is 0 Å². The normalized spacial score (nSPS) is 16.6. The predicted octanol–water partition coefficient (Wildman–Crippen LogP) is 3.27. The highest BCUT2D eigenvalue weighted by atomic mass is 16.1. The van der Waals surface area contributed by atoms with Crippen LogP contribution in [0.2, 0.25) is 0 Å². The summed E-state index contributed by atoms with van der Waals surface area (Å²) in [7, 11) is 0. The number of benzene rings is 1. The van der Waals surface area contributed by atoms with E-state index in [-0.39, 0.29) is 5.91 Å². The van der Waals surface area contributed by atoms with Crippen molar-refractivity contribution < 1.29 is 4.79 Å². The van der Waals surface area contributed by atoms with Crippen LogP contribution < -0.4 is 10.6 Å². The number of rotatable bonds is 3. The Morgan fingerprint density at radius 2 is 1.85 bits per heavy atom. The maximum Gasteiger partial charge on any atom is 0.221 e. The Morgan fingerprint density at radius 3 is 2.40 bits per heavy atom. The Labute approximate surface area is 121 Å². The van der Waals surface area contributed by atoms with Crippen LogP contribution in [0.3, 0.4) is 0 Å². The molecule has 1 amide bonds. The first-order chi connectivity index (χ1) is 9.56. The third-order valence-electron chi connectivity index (χ3n) is 3.83. The van der Waals surface area contributed by atoms with Crippen LogP contribution in [0.4, 0.5) is 5.69 Å². The maximum atomic E-state index is 11.1. The lowest BCUT2D eigenvalue weighted by atomic mass is 9.94. The first kappa shape index (κ1) is 14.8.